The predicted octanol–water partition coefficient (Wildman–Crippen LogP) is 1.12. The summed E-state index contributed by atoms with van der Waals surface area (Å²) in [5.74, 6) is -0.283. The van der Waals surface area contributed by atoms with Crippen molar-refractivity contribution in [1.82, 2.24) is 9.88 Å². The number of nitrogens with one attached hydrogen (secondary N) is 3. The minimum atomic E-state index is -0.201. The molecule has 0 radical (unpaired) electrons. The van der Waals surface area contributed by atoms with Gasteiger partial charge in [-0.25, -0.2) is 0 Å². The van der Waals surface area contributed by atoms with Gasteiger partial charge in [-0.15, -0.1) is 0 Å². The Morgan fingerprint density at radius 2 is 2.00 bits per heavy atom. The molecule has 1 aliphatic heterocycles. The molecule has 6 heteroatoms. The zero-order chi connectivity index (χ0) is 19.4. The molecule has 2 aromatic rings. The molecular formula is C21H29N4O2+. The van der Waals surface area contributed by atoms with E-state index in [-0.39, 0.29) is 18.4 Å². The van der Waals surface area contributed by atoms with Crippen molar-refractivity contribution in [2.75, 3.05) is 25.0 Å². The van der Waals surface area contributed by atoms with Crippen molar-refractivity contribution < 1.29 is 14.5 Å². The van der Waals surface area contributed by atoms with Crippen LogP contribution in [-0.2, 0) is 16.6 Å². The fraction of sp³-hybridized carbons (Fsp3) is 0.429. The maximum Gasteiger partial charge on any atom is 0.275 e. The van der Waals surface area contributed by atoms with Crippen molar-refractivity contribution in [3.8, 4) is 0 Å². The zero-order valence-electron chi connectivity index (χ0n) is 16.3. The van der Waals surface area contributed by atoms with E-state index in [1.807, 2.05) is 51.4 Å². The molecule has 2 amide bonds. The highest BCUT2D eigenvalue weighted by atomic mass is 16.2. The Labute approximate surface area is 160 Å². The smallest absolute Gasteiger partial charge is 0.275 e. The monoisotopic (exact) mass is 369 g/mol. The van der Waals surface area contributed by atoms with Crippen molar-refractivity contribution in [3.05, 3.63) is 53.3 Å². The fourth-order valence-electron chi connectivity index (χ4n) is 3.85. The lowest BCUT2D eigenvalue weighted by Crippen LogP contribution is -3.11. The summed E-state index contributed by atoms with van der Waals surface area (Å²) in [6, 6.07) is 10.3. The SMILES string of the molecule is Cc1cccc(NC(=O)CNC(=O)C[NH+]2CCC[C@H]2c2cccn2C)c1C. The zero-order valence-corrected chi connectivity index (χ0v) is 16.3. The molecule has 0 saturated carbocycles. The van der Waals surface area contributed by atoms with E-state index < -0.39 is 0 Å². The third-order valence-electron chi connectivity index (χ3n) is 5.54. The van der Waals surface area contributed by atoms with Gasteiger partial charge in [0.25, 0.3) is 5.91 Å². The van der Waals surface area contributed by atoms with Gasteiger partial charge in [0.2, 0.25) is 5.91 Å². The Bertz CT molecular complexity index is 827. The maximum absolute atomic E-state index is 12.4. The van der Waals surface area contributed by atoms with Crippen LogP contribution in [0.25, 0.3) is 0 Å². The molecule has 2 atom stereocenters. The lowest BCUT2D eigenvalue weighted by atomic mass is 10.1. The topological polar surface area (TPSA) is 67.6 Å². The molecule has 27 heavy (non-hydrogen) atoms. The molecule has 1 aromatic heterocycles. The van der Waals surface area contributed by atoms with Gasteiger partial charge < -0.3 is 20.1 Å². The highest BCUT2D eigenvalue weighted by molar-refractivity contribution is 5.95. The van der Waals surface area contributed by atoms with E-state index in [0.717, 1.165) is 36.2 Å². The lowest BCUT2D eigenvalue weighted by Gasteiger charge is -2.21. The van der Waals surface area contributed by atoms with Gasteiger partial charge in [0, 0.05) is 31.8 Å². The Morgan fingerprint density at radius 1 is 1.19 bits per heavy atom. The number of aryl methyl sites for hydroxylation is 2. The van der Waals surface area contributed by atoms with Crippen LogP contribution in [0.1, 0.15) is 35.7 Å². The first kappa shape index (κ1) is 19.2. The number of amides is 2. The van der Waals surface area contributed by atoms with Crippen LogP contribution in [0.4, 0.5) is 5.69 Å². The number of rotatable bonds is 6. The Morgan fingerprint density at radius 3 is 2.74 bits per heavy atom. The number of carbonyl (C=O) groups excluding carboxylic acids is 2. The molecule has 3 rings (SSSR count). The molecule has 3 N–H and O–H groups in total. The molecule has 144 valence electrons. The van der Waals surface area contributed by atoms with Crippen molar-refractivity contribution >= 4 is 17.5 Å². The minimum absolute atomic E-state index is 0.00564. The van der Waals surface area contributed by atoms with Gasteiger partial charge in [0.05, 0.1) is 18.8 Å². The van der Waals surface area contributed by atoms with E-state index in [0.29, 0.717) is 12.6 Å². The van der Waals surface area contributed by atoms with Gasteiger partial charge in [0.1, 0.15) is 6.04 Å². The standard InChI is InChI=1S/C21H28N4O2/c1-15-7-4-8-17(16(15)2)23-20(26)13-22-21(27)14-25-12-6-10-19(25)18-9-5-11-24(18)3/h4-5,7-9,11,19H,6,10,12-14H2,1-3H3,(H,22,27)(H,23,26)/p+1/t19-/m0/s1. The predicted molar refractivity (Wildman–Crippen MR) is 106 cm³/mol. The number of likely N-dealkylation sites (tertiary alicyclic amines) is 1. The number of carbonyl (C=O) groups is 2. The highest BCUT2D eigenvalue weighted by Crippen LogP contribution is 2.19. The summed E-state index contributed by atoms with van der Waals surface area (Å²) < 4.78 is 2.13. The highest BCUT2D eigenvalue weighted by Gasteiger charge is 2.32. The second kappa shape index (κ2) is 8.39. The summed E-state index contributed by atoms with van der Waals surface area (Å²) in [6.45, 7) is 5.36. The van der Waals surface area contributed by atoms with Crippen molar-refractivity contribution in [2.24, 2.45) is 7.05 Å². The second-order valence-electron chi connectivity index (χ2n) is 7.40. The van der Waals surface area contributed by atoms with Crippen LogP contribution in [0.2, 0.25) is 0 Å². The quantitative estimate of drug-likeness (QED) is 0.714. The average molecular weight is 369 g/mol. The first-order valence-corrected chi connectivity index (χ1v) is 9.54. The number of hydrogen-bond donors (Lipinski definition) is 3. The van der Waals surface area contributed by atoms with E-state index in [9.17, 15) is 9.59 Å². The van der Waals surface area contributed by atoms with Crippen LogP contribution in [0, 0.1) is 13.8 Å². The second-order valence-corrected chi connectivity index (χ2v) is 7.40. The van der Waals surface area contributed by atoms with E-state index in [4.69, 9.17) is 0 Å². The van der Waals surface area contributed by atoms with E-state index in [2.05, 4.69) is 21.3 Å². The van der Waals surface area contributed by atoms with Crippen molar-refractivity contribution in [2.45, 2.75) is 32.7 Å². The van der Waals surface area contributed by atoms with Crippen LogP contribution < -0.4 is 15.5 Å². The molecule has 1 fully saturated rings. The summed E-state index contributed by atoms with van der Waals surface area (Å²) >= 11 is 0. The summed E-state index contributed by atoms with van der Waals surface area (Å²) in [5.41, 5.74) is 4.23. The van der Waals surface area contributed by atoms with Crippen LogP contribution in [-0.4, -0.2) is 36.0 Å². The number of nitrogens with zero attached hydrogens (tertiary/aromatic N) is 1. The van der Waals surface area contributed by atoms with E-state index in [1.54, 1.807) is 0 Å². The molecule has 0 spiro atoms. The van der Waals surface area contributed by atoms with Gasteiger partial charge >= 0.3 is 0 Å². The maximum atomic E-state index is 12.4. The van der Waals surface area contributed by atoms with Gasteiger partial charge in [-0.3, -0.25) is 9.59 Å². The van der Waals surface area contributed by atoms with Crippen LogP contribution in [0.15, 0.2) is 36.5 Å². The average Bonchev–Trinajstić information content (AvgIpc) is 3.25. The third-order valence-corrected chi connectivity index (χ3v) is 5.54. The summed E-state index contributed by atoms with van der Waals surface area (Å²) in [5, 5.41) is 5.64. The molecular weight excluding hydrogens is 340 g/mol. The van der Waals surface area contributed by atoms with Crippen LogP contribution in [0.3, 0.4) is 0 Å². The Balaban J connectivity index is 1.50. The largest absolute Gasteiger partial charge is 0.350 e. The molecule has 1 unspecified atom stereocenters. The Hall–Kier alpha value is -2.60. The van der Waals surface area contributed by atoms with Crippen LogP contribution >= 0.6 is 0 Å². The summed E-state index contributed by atoms with van der Waals surface area (Å²) in [7, 11) is 2.04. The van der Waals surface area contributed by atoms with Crippen molar-refractivity contribution in [1.29, 1.82) is 0 Å². The number of quaternary nitrogens is 1. The summed E-state index contributed by atoms with van der Waals surface area (Å²) in [6.07, 6.45) is 4.25. The van der Waals surface area contributed by atoms with E-state index in [1.165, 1.54) is 10.6 Å². The number of anilines is 1. The molecule has 1 aromatic carbocycles. The van der Waals surface area contributed by atoms with Gasteiger partial charge in [-0.1, -0.05) is 12.1 Å². The number of aromatic nitrogens is 1. The van der Waals surface area contributed by atoms with Gasteiger partial charge in [-0.05, 0) is 43.2 Å². The Kier molecular flexibility index (Phi) is 5.96. The van der Waals surface area contributed by atoms with Crippen molar-refractivity contribution in [3.63, 3.8) is 0 Å². The van der Waals surface area contributed by atoms with Crippen LogP contribution in [0.5, 0.6) is 0 Å². The minimum Gasteiger partial charge on any atom is -0.350 e. The lowest BCUT2D eigenvalue weighted by molar-refractivity contribution is -0.911. The number of benzene rings is 1. The van der Waals surface area contributed by atoms with Gasteiger partial charge in [-0.2, -0.15) is 0 Å². The molecule has 0 aliphatic carbocycles. The first-order chi connectivity index (χ1) is 13.0. The molecule has 0 bridgehead atoms. The van der Waals surface area contributed by atoms with E-state index >= 15 is 0 Å². The normalized spacial score (nSPS) is 19.1. The third kappa shape index (κ3) is 4.57. The first-order valence-electron chi connectivity index (χ1n) is 9.54. The fourth-order valence-corrected chi connectivity index (χ4v) is 3.85. The summed E-state index contributed by atoms with van der Waals surface area (Å²) in [4.78, 5) is 25.8. The molecule has 1 saturated heterocycles. The van der Waals surface area contributed by atoms with Gasteiger partial charge in [0.15, 0.2) is 6.54 Å². The molecule has 2 heterocycles. The number of hydrogen-bond acceptors (Lipinski definition) is 2. The molecule has 6 nitrogen and oxygen atoms in total. The molecule has 1 aliphatic rings.